The monoisotopic (exact) mass is 274 g/mol. The van der Waals surface area contributed by atoms with Gasteiger partial charge < -0.3 is 10.6 Å². The van der Waals surface area contributed by atoms with Gasteiger partial charge in [-0.15, -0.1) is 11.3 Å². The fraction of sp³-hybridized carbons (Fsp3) is 0.267. The van der Waals surface area contributed by atoms with Gasteiger partial charge in [0.1, 0.15) is 0 Å². The first kappa shape index (κ1) is 13.6. The molecule has 2 rings (SSSR count). The van der Waals surface area contributed by atoms with Crippen molar-refractivity contribution in [3.8, 4) is 0 Å². The molecule has 0 aliphatic heterocycles. The summed E-state index contributed by atoms with van der Waals surface area (Å²) in [5, 5.41) is 8.36. The molecule has 0 bridgehead atoms. The normalized spacial score (nSPS) is 11.9. The molecule has 0 fully saturated rings. The number of nitrogens with one attached hydrogen (secondary N) is 2. The van der Waals surface area contributed by atoms with E-state index < -0.39 is 0 Å². The van der Waals surface area contributed by atoms with Gasteiger partial charge in [-0.25, -0.2) is 0 Å². The predicted molar refractivity (Wildman–Crippen MR) is 81.8 cm³/mol. The molecule has 1 aromatic heterocycles. The molecule has 0 aliphatic carbocycles. The number of hydrogen-bond acceptors (Lipinski definition) is 3. The van der Waals surface area contributed by atoms with Crippen LogP contribution in [0.4, 0.5) is 11.4 Å². The molecule has 1 heterocycles. The highest BCUT2D eigenvalue weighted by atomic mass is 32.1. The topological polar surface area (TPSA) is 41.1 Å². The zero-order chi connectivity index (χ0) is 13.8. The summed E-state index contributed by atoms with van der Waals surface area (Å²) in [5.74, 6) is -0.0456. The smallest absolute Gasteiger partial charge is 0.221 e. The number of rotatable bonds is 4. The summed E-state index contributed by atoms with van der Waals surface area (Å²) in [4.78, 5) is 12.4. The van der Waals surface area contributed by atoms with Crippen molar-refractivity contribution in [2.24, 2.45) is 0 Å². The largest absolute Gasteiger partial charge is 0.378 e. The molecule has 1 atom stereocenters. The van der Waals surface area contributed by atoms with E-state index in [9.17, 15) is 4.79 Å². The zero-order valence-electron chi connectivity index (χ0n) is 11.4. The van der Waals surface area contributed by atoms with Gasteiger partial charge in [0, 0.05) is 23.2 Å². The van der Waals surface area contributed by atoms with Crippen molar-refractivity contribution in [3.05, 3.63) is 46.2 Å². The third-order valence-electron chi connectivity index (χ3n) is 2.89. The Morgan fingerprint density at radius 3 is 2.68 bits per heavy atom. The lowest BCUT2D eigenvalue weighted by atomic mass is 10.1. The summed E-state index contributed by atoms with van der Waals surface area (Å²) in [5.41, 5.74) is 2.98. The van der Waals surface area contributed by atoms with Gasteiger partial charge in [0.15, 0.2) is 0 Å². The third-order valence-corrected chi connectivity index (χ3v) is 3.95. The Labute approximate surface area is 117 Å². The molecule has 100 valence electrons. The van der Waals surface area contributed by atoms with Crippen molar-refractivity contribution in [2.75, 3.05) is 10.6 Å². The molecule has 3 nitrogen and oxygen atoms in total. The van der Waals surface area contributed by atoms with E-state index in [4.69, 9.17) is 0 Å². The summed E-state index contributed by atoms with van der Waals surface area (Å²) < 4.78 is 0. The van der Waals surface area contributed by atoms with Gasteiger partial charge in [0.25, 0.3) is 0 Å². The Morgan fingerprint density at radius 2 is 2.11 bits per heavy atom. The van der Waals surface area contributed by atoms with Gasteiger partial charge >= 0.3 is 0 Å². The summed E-state index contributed by atoms with van der Waals surface area (Å²) in [6.07, 6.45) is 0. The van der Waals surface area contributed by atoms with Gasteiger partial charge in [-0.05, 0) is 49.1 Å². The van der Waals surface area contributed by atoms with Crippen LogP contribution < -0.4 is 10.6 Å². The first-order valence-electron chi connectivity index (χ1n) is 6.24. The average Bonchev–Trinajstić information content (AvgIpc) is 2.86. The Morgan fingerprint density at radius 1 is 1.32 bits per heavy atom. The van der Waals surface area contributed by atoms with E-state index in [1.807, 2.05) is 19.1 Å². The minimum absolute atomic E-state index is 0.0456. The standard InChI is InChI=1S/C15H18N2OS/c1-10-9-13(6-7-14(10)17-12(3)18)16-11(2)15-5-4-8-19-15/h4-9,11,16H,1-3H3,(H,17,18). The maximum Gasteiger partial charge on any atom is 0.221 e. The lowest BCUT2D eigenvalue weighted by molar-refractivity contribution is -0.114. The van der Waals surface area contributed by atoms with E-state index in [-0.39, 0.29) is 11.9 Å². The van der Waals surface area contributed by atoms with Gasteiger partial charge in [-0.3, -0.25) is 4.79 Å². The third kappa shape index (κ3) is 3.58. The molecule has 1 amide bonds. The van der Waals surface area contributed by atoms with E-state index >= 15 is 0 Å². The number of benzene rings is 1. The maximum absolute atomic E-state index is 11.1. The summed E-state index contributed by atoms with van der Waals surface area (Å²) in [6, 6.07) is 10.4. The molecular formula is C15H18N2OS. The molecule has 1 unspecified atom stereocenters. The van der Waals surface area contributed by atoms with Crippen molar-refractivity contribution in [1.29, 1.82) is 0 Å². The number of amides is 1. The number of carbonyl (C=O) groups is 1. The molecule has 19 heavy (non-hydrogen) atoms. The minimum atomic E-state index is -0.0456. The van der Waals surface area contributed by atoms with Crippen LogP contribution in [0.15, 0.2) is 35.7 Å². The summed E-state index contributed by atoms with van der Waals surface area (Å²) in [6.45, 7) is 5.65. The van der Waals surface area contributed by atoms with Gasteiger partial charge in [-0.1, -0.05) is 6.07 Å². The highest BCUT2D eigenvalue weighted by molar-refractivity contribution is 7.10. The van der Waals surface area contributed by atoms with Gasteiger partial charge in [-0.2, -0.15) is 0 Å². The van der Waals surface area contributed by atoms with Crippen LogP contribution in [0.5, 0.6) is 0 Å². The second-order valence-electron chi connectivity index (χ2n) is 4.59. The quantitative estimate of drug-likeness (QED) is 0.877. The minimum Gasteiger partial charge on any atom is -0.378 e. The Bertz CT molecular complexity index is 564. The second-order valence-corrected chi connectivity index (χ2v) is 5.57. The molecule has 4 heteroatoms. The Balaban J connectivity index is 2.10. The number of carbonyl (C=O) groups excluding carboxylic acids is 1. The van der Waals surface area contributed by atoms with Crippen LogP contribution in [0, 0.1) is 6.92 Å². The molecule has 2 aromatic rings. The Kier molecular flexibility index (Phi) is 4.22. The molecular weight excluding hydrogens is 256 g/mol. The van der Waals surface area contributed by atoms with Crippen LogP contribution in [0.25, 0.3) is 0 Å². The highest BCUT2D eigenvalue weighted by Crippen LogP contribution is 2.25. The molecule has 0 saturated heterocycles. The molecule has 0 spiro atoms. The first-order valence-corrected chi connectivity index (χ1v) is 7.12. The maximum atomic E-state index is 11.1. The Hall–Kier alpha value is -1.81. The van der Waals surface area contributed by atoms with E-state index in [1.165, 1.54) is 11.8 Å². The van der Waals surface area contributed by atoms with Gasteiger partial charge in [0.05, 0.1) is 6.04 Å². The number of anilines is 2. The van der Waals surface area contributed by atoms with Crippen molar-refractivity contribution in [2.45, 2.75) is 26.8 Å². The lowest BCUT2D eigenvalue weighted by Gasteiger charge is -2.15. The van der Waals surface area contributed by atoms with Crippen molar-refractivity contribution in [3.63, 3.8) is 0 Å². The van der Waals surface area contributed by atoms with Crippen molar-refractivity contribution >= 4 is 28.6 Å². The molecule has 0 saturated carbocycles. The number of aryl methyl sites for hydroxylation is 1. The second kappa shape index (κ2) is 5.89. The van der Waals surface area contributed by atoms with E-state index in [0.717, 1.165) is 16.9 Å². The average molecular weight is 274 g/mol. The van der Waals surface area contributed by atoms with Crippen LogP contribution in [-0.2, 0) is 4.79 Å². The first-order chi connectivity index (χ1) is 9.06. The van der Waals surface area contributed by atoms with Crippen molar-refractivity contribution < 1.29 is 4.79 Å². The molecule has 0 radical (unpaired) electrons. The highest BCUT2D eigenvalue weighted by Gasteiger charge is 2.07. The fourth-order valence-corrected chi connectivity index (χ4v) is 2.68. The van der Waals surface area contributed by atoms with Crippen molar-refractivity contribution in [1.82, 2.24) is 0 Å². The predicted octanol–water partition coefficient (Wildman–Crippen LogP) is 4.19. The zero-order valence-corrected chi connectivity index (χ0v) is 12.2. The van der Waals surface area contributed by atoms with E-state index in [0.29, 0.717) is 0 Å². The molecule has 1 aromatic carbocycles. The lowest BCUT2D eigenvalue weighted by Crippen LogP contribution is -2.08. The van der Waals surface area contributed by atoms with E-state index in [1.54, 1.807) is 11.3 Å². The number of hydrogen-bond donors (Lipinski definition) is 2. The van der Waals surface area contributed by atoms with Crippen LogP contribution in [0.2, 0.25) is 0 Å². The van der Waals surface area contributed by atoms with E-state index in [2.05, 4.69) is 41.1 Å². The molecule has 2 N–H and O–H groups in total. The van der Waals surface area contributed by atoms with Crippen LogP contribution in [-0.4, -0.2) is 5.91 Å². The summed E-state index contributed by atoms with van der Waals surface area (Å²) >= 11 is 1.75. The van der Waals surface area contributed by atoms with Gasteiger partial charge in [0.2, 0.25) is 5.91 Å². The van der Waals surface area contributed by atoms with Crippen LogP contribution in [0.1, 0.15) is 30.3 Å². The molecule has 0 aliphatic rings. The van der Waals surface area contributed by atoms with Crippen LogP contribution in [0.3, 0.4) is 0 Å². The van der Waals surface area contributed by atoms with Crippen LogP contribution >= 0.6 is 11.3 Å². The SMILES string of the molecule is CC(=O)Nc1ccc(NC(C)c2cccs2)cc1C. The number of thiophene rings is 1. The fourth-order valence-electron chi connectivity index (χ4n) is 1.94. The summed E-state index contributed by atoms with van der Waals surface area (Å²) in [7, 11) is 0.